The van der Waals surface area contributed by atoms with Crippen LogP contribution in [0.5, 0.6) is 0 Å². The highest BCUT2D eigenvalue weighted by molar-refractivity contribution is 9.10. The highest BCUT2D eigenvalue weighted by atomic mass is 79.9. The van der Waals surface area contributed by atoms with Gasteiger partial charge in [-0.3, -0.25) is 4.79 Å². The van der Waals surface area contributed by atoms with E-state index >= 15 is 0 Å². The third-order valence-electron chi connectivity index (χ3n) is 3.94. The van der Waals surface area contributed by atoms with Crippen LogP contribution in [0.4, 0.5) is 0 Å². The molecule has 2 N–H and O–H groups in total. The van der Waals surface area contributed by atoms with Gasteiger partial charge in [-0.25, -0.2) is 0 Å². The Hall–Kier alpha value is -0.870. The summed E-state index contributed by atoms with van der Waals surface area (Å²) in [7, 11) is 1.98. The summed E-state index contributed by atoms with van der Waals surface area (Å²) in [4.78, 5) is 12.0. The Morgan fingerprint density at radius 1 is 1.32 bits per heavy atom. The number of amides is 1. The molecule has 1 fully saturated rings. The van der Waals surface area contributed by atoms with Crippen LogP contribution in [-0.2, 0) is 11.2 Å². The summed E-state index contributed by atoms with van der Waals surface area (Å²) in [6, 6.07) is 7.87. The molecule has 0 atom stereocenters. The molecule has 0 radical (unpaired) electrons. The summed E-state index contributed by atoms with van der Waals surface area (Å²) >= 11 is 3.48. The van der Waals surface area contributed by atoms with Gasteiger partial charge in [-0.05, 0) is 31.5 Å². The lowest BCUT2D eigenvalue weighted by Gasteiger charge is -2.42. The number of benzene rings is 1. The van der Waals surface area contributed by atoms with Crippen molar-refractivity contribution < 1.29 is 4.79 Å². The Morgan fingerprint density at radius 2 is 2.05 bits per heavy atom. The fraction of sp³-hybridized carbons (Fsp3) is 0.533. The predicted octanol–water partition coefficient (Wildman–Crippen LogP) is 2.50. The van der Waals surface area contributed by atoms with Crippen LogP contribution in [0.25, 0.3) is 0 Å². The summed E-state index contributed by atoms with van der Waals surface area (Å²) < 4.78 is 0.999. The third kappa shape index (κ3) is 3.80. The van der Waals surface area contributed by atoms with Crippen molar-refractivity contribution >= 4 is 21.8 Å². The first kappa shape index (κ1) is 14.5. The van der Waals surface area contributed by atoms with Gasteiger partial charge in [-0.15, -0.1) is 0 Å². The number of carbonyl (C=O) groups is 1. The molecule has 0 spiro atoms. The quantitative estimate of drug-likeness (QED) is 0.844. The van der Waals surface area contributed by atoms with Crippen LogP contribution in [0.3, 0.4) is 0 Å². The van der Waals surface area contributed by atoms with Gasteiger partial charge in [0, 0.05) is 23.0 Å². The molecule has 104 valence electrons. The van der Waals surface area contributed by atoms with E-state index in [0.29, 0.717) is 11.8 Å². The monoisotopic (exact) mass is 324 g/mol. The minimum Gasteiger partial charge on any atom is -0.355 e. The molecule has 0 aliphatic heterocycles. The minimum atomic E-state index is 0.106. The van der Waals surface area contributed by atoms with Crippen molar-refractivity contribution in [3.05, 3.63) is 34.3 Å². The summed E-state index contributed by atoms with van der Waals surface area (Å²) in [5.74, 6) is 0.106. The Balaban J connectivity index is 1.83. The van der Waals surface area contributed by atoms with Crippen LogP contribution in [0.1, 0.15) is 24.8 Å². The molecule has 0 heterocycles. The molecule has 4 heteroatoms. The van der Waals surface area contributed by atoms with Gasteiger partial charge < -0.3 is 10.6 Å². The maximum absolute atomic E-state index is 12.0. The standard InChI is InChI=1S/C15H21BrN2O/c1-17-10-15(7-4-8-15)11-18-14(19)9-12-5-2-3-6-13(12)16/h2-3,5-6,17H,4,7-11H2,1H3,(H,18,19). The van der Waals surface area contributed by atoms with Gasteiger partial charge in [-0.2, -0.15) is 0 Å². The Morgan fingerprint density at radius 3 is 2.63 bits per heavy atom. The lowest BCUT2D eigenvalue weighted by Crippen LogP contribution is -2.47. The summed E-state index contributed by atoms with van der Waals surface area (Å²) in [5.41, 5.74) is 1.33. The zero-order valence-electron chi connectivity index (χ0n) is 11.3. The average molecular weight is 325 g/mol. The van der Waals surface area contributed by atoms with Gasteiger partial charge in [0.15, 0.2) is 0 Å². The predicted molar refractivity (Wildman–Crippen MR) is 81.1 cm³/mol. The van der Waals surface area contributed by atoms with E-state index in [-0.39, 0.29) is 5.91 Å². The van der Waals surface area contributed by atoms with Crippen molar-refractivity contribution in [2.75, 3.05) is 20.1 Å². The second kappa shape index (κ2) is 6.53. The van der Waals surface area contributed by atoms with Gasteiger partial charge in [-0.1, -0.05) is 40.5 Å². The van der Waals surface area contributed by atoms with Crippen molar-refractivity contribution in [1.29, 1.82) is 0 Å². The first-order valence-corrected chi connectivity index (χ1v) is 7.59. The van der Waals surface area contributed by atoms with Crippen LogP contribution in [0.15, 0.2) is 28.7 Å². The van der Waals surface area contributed by atoms with Gasteiger partial charge in [0.1, 0.15) is 0 Å². The number of rotatable bonds is 6. The molecule has 1 aliphatic carbocycles. The summed E-state index contributed by atoms with van der Waals surface area (Å²) in [6.07, 6.45) is 4.14. The lowest BCUT2D eigenvalue weighted by atomic mass is 9.68. The fourth-order valence-electron chi connectivity index (χ4n) is 2.63. The maximum Gasteiger partial charge on any atom is 0.224 e. The second-order valence-corrected chi connectivity index (χ2v) is 6.28. The Labute approximate surface area is 123 Å². The van der Waals surface area contributed by atoms with Gasteiger partial charge >= 0.3 is 0 Å². The first-order valence-electron chi connectivity index (χ1n) is 6.80. The molecule has 0 unspecified atom stereocenters. The molecule has 1 amide bonds. The molecular formula is C15H21BrN2O. The highest BCUT2D eigenvalue weighted by Gasteiger charge is 2.36. The molecule has 0 aromatic heterocycles. The average Bonchev–Trinajstić information content (AvgIpc) is 2.35. The number of hydrogen-bond donors (Lipinski definition) is 2. The van der Waals surface area contributed by atoms with Gasteiger partial charge in [0.25, 0.3) is 0 Å². The molecular weight excluding hydrogens is 304 g/mol. The number of halogens is 1. The van der Waals surface area contributed by atoms with E-state index in [4.69, 9.17) is 0 Å². The van der Waals surface area contributed by atoms with E-state index in [1.165, 1.54) is 19.3 Å². The lowest BCUT2D eigenvalue weighted by molar-refractivity contribution is -0.121. The van der Waals surface area contributed by atoms with Crippen molar-refractivity contribution in [3.63, 3.8) is 0 Å². The normalized spacial score (nSPS) is 16.7. The van der Waals surface area contributed by atoms with Gasteiger partial charge in [0.2, 0.25) is 5.91 Å². The second-order valence-electron chi connectivity index (χ2n) is 5.43. The SMILES string of the molecule is CNCC1(CNC(=O)Cc2ccccc2Br)CCC1. The van der Waals surface area contributed by atoms with E-state index in [0.717, 1.165) is 23.1 Å². The third-order valence-corrected chi connectivity index (χ3v) is 4.71. The van der Waals surface area contributed by atoms with Crippen LogP contribution in [0.2, 0.25) is 0 Å². The van der Waals surface area contributed by atoms with Crippen LogP contribution < -0.4 is 10.6 Å². The molecule has 0 bridgehead atoms. The van der Waals surface area contributed by atoms with Crippen molar-refractivity contribution in [3.8, 4) is 0 Å². The van der Waals surface area contributed by atoms with Crippen molar-refractivity contribution in [2.45, 2.75) is 25.7 Å². The van der Waals surface area contributed by atoms with Gasteiger partial charge in [0.05, 0.1) is 6.42 Å². The first-order chi connectivity index (χ1) is 9.15. The highest BCUT2D eigenvalue weighted by Crippen LogP contribution is 2.39. The van der Waals surface area contributed by atoms with Crippen LogP contribution >= 0.6 is 15.9 Å². The fourth-order valence-corrected chi connectivity index (χ4v) is 3.06. The van der Waals surface area contributed by atoms with E-state index < -0.39 is 0 Å². The van der Waals surface area contributed by atoms with E-state index in [1.807, 2.05) is 31.3 Å². The van der Waals surface area contributed by atoms with E-state index in [1.54, 1.807) is 0 Å². The Kier molecular flexibility index (Phi) is 4.99. The Bertz CT molecular complexity index is 444. The zero-order valence-corrected chi connectivity index (χ0v) is 12.9. The maximum atomic E-state index is 12.0. The van der Waals surface area contributed by atoms with Crippen molar-refractivity contribution in [2.24, 2.45) is 5.41 Å². The molecule has 2 rings (SSSR count). The number of hydrogen-bond acceptors (Lipinski definition) is 2. The zero-order chi connectivity index (χ0) is 13.7. The molecule has 1 aromatic rings. The largest absolute Gasteiger partial charge is 0.355 e. The number of nitrogens with one attached hydrogen (secondary N) is 2. The van der Waals surface area contributed by atoms with Crippen LogP contribution in [0, 0.1) is 5.41 Å². The van der Waals surface area contributed by atoms with Crippen LogP contribution in [-0.4, -0.2) is 26.0 Å². The molecule has 0 saturated heterocycles. The smallest absolute Gasteiger partial charge is 0.224 e. The van der Waals surface area contributed by atoms with Crippen molar-refractivity contribution in [1.82, 2.24) is 10.6 Å². The number of carbonyl (C=O) groups excluding carboxylic acids is 1. The molecule has 1 saturated carbocycles. The van der Waals surface area contributed by atoms with E-state index in [2.05, 4.69) is 26.6 Å². The topological polar surface area (TPSA) is 41.1 Å². The summed E-state index contributed by atoms with van der Waals surface area (Å²) in [6.45, 7) is 1.78. The molecule has 1 aromatic carbocycles. The summed E-state index contributed by atoms with van der Waals surface area (Å²) in [5, 5.41) is 6.32. The molecule has 1 aliphatic rings. The minimum absolute atomic E-state index is 0.106. The van der Waals surface area contributed by atoms with E-state index in [9.17, 15) is 4.79 Å². The molecule has 19 heavy (non-hydrogen) atoms. The molecule has 3 nitrogen and oxygen atoms in total.